The maximum absolute atomic E-state index is 14.0. The molecule has 46 heavy (non-hydrogen) atoms. The highest BCUT2D eigenvalue weighted by Gasteiger charge is 2.38. The second kappa shape index (κ2) is 17.2. The number of methoxy groups -OCH3 is 2. The molecule has 1 fully saturated rings. The minimum atomic E-state index is -0.700. The Bertz CT molecular complexity index is 1300. The molecular weight excluding hydrogens is 593 g/mol. The lowest BCUT2D eigenvalue weighted by Crippen LogP contribution is -2.57. The fourth-order valence-electron chi connectivity index (χ4n) is 5.59. The minimum Gasteiger partial charge on any atom is -0.493 e. The third-order valence-corrected chi connectivity index (χ3v) is 7.73. The first-order valence-electron chi connectivity index (χ1n) is 16.0. The predicted octanol–water partition coefficient (Wildman–Crippen LogP) is 5.62. The monoisotopic (exact) mass is 643 g/mol. The molecule has 0 radical (unpaired) electrons. The lowest BCUT2D eigenvalue weighted by atomic mass is 9.94. The molecule has 2 unspecified atom stereocenters. The normalized spacial score (nSPS) is 16.6. The van der Waals surface area contributed by atoms with Crippen molar-refractivity contribution >= 4 is 17.9 Å². The average molecular weight is 644 g/mol. The zero-order chi connectivity index (χ0) is 33.9. The van der Waals surface area contributed by atoms with E-state index in [1.165, 1.54) is 12.1 Å². The average Bonchev–Trinajstić information content (AvgIpc) is 3.00. The Hall–Kier alpha value is -3.86. The summed E-state index contributed by atoms with van der Waals surface area (Å²) in [5, 5.41) is 2.92. The van der Waals surface area contributed by atoms with Gasteiger partial charge in [0.1, 0.15) is 11.4 Å². The Kier molecular flexibility index (Phi) is 13.7. The van der Waals surface area contributed by atoms with Gasteiger partial charge in [0.05, 0.1) is 26.2 Å². The maximum atomic E-state index is 14.0. The van der Waals surface area contributed by atoms with Crippen molar-refractivity contribution in [3.63, 3.8) is 0 Å². The Balaban J connectivity index is 1.73. The van der Waals surface area contributed by atoms with Crippen molar-refractivity contribution in [3.05, 3.63) is 59.4 Å². The summed E-state index contributed by atoms with van der Waals surface area (Å²) in [6.45, 7) is 11.0. The summed E-state index contributed by atoms with van der Waals surface area (Å²) in [6, 6.07) is 10.4. The van der Waals surface area contributed by atoms with Crippen molar-refractivity contribution in [1.82, 2.24) is 15.1 Å². The van der Waals surface area contributed by atoms with E-state index in [0.29, 0.717) is 69.0 Å². The smallest absolute Gasteiger partial charge is 0.410 e. The van der Waals surface area contributed by atoms with Crippen LogP contribution < -0.4 is 14.8 Å². The fourth-order valence-corrected chi connectivity index (χ4v) is 5.59. The highest BCUT2D eigenvalue weighted by Crippen LogP contribution is 2.31. The molecule has 11 heteroatoms. The van der Waals surface area contributed by atoms with Crippen LogP contribution in [0.3, 0.4) is 0 Å². The summed E-state index contributed by atoms with van der Waals surface area (Å²) in [5.74, 6) is 0.318. The first kappa shape index (κ1) is 36.6. The number of nitrogens with one attached hydrogen (secondary N) is 1. The molecule has 0 saturated carbocycles. The lowest BCUT2D eigenvalue weighted by molar-refractivity contribution is -0.120. The van der Waals surface area contributed by atoms with Crippen molar-refractivity contribution in [2.75, 3.05) is 40.5 Å². The second-order valence-corrected chi connectivity index (χ2v) is 12.8. The highest BCUT2D eigenvalue weighted by atomic mass is 19.1. The van der Waals surface area contributed by atoms with E-state index in [4.69, 9.17) is 18.9 Å². The van der Waals surface area contributed by atoms with Gasteiger partial charge >= 0.3 is 6.09 Å². The molecule has 3 amide bonds. The predicted molar refractivity (Wildman–Crippen MR) is 174 cm³/mol. The van der Waals surface area contributed by atoms with Gasteiger partial charge in [-0.05, 0) is 89.8 Å². The molecule has 1 aliphatic rings. The van der Waals surface area contributed by atoms with Gasteiger partial charge in [-0.3, -0.25) is 9.59 Å². The van der Waals surface area contributed by atoms with Crippen molar-refractivity contribution in [2.45, 2.75) is 90.4 Å². The van der Waals surface area contributed by atoms with E-state index in [2.05, 4.69) is 5.32 Å². The SMILES string of the molecule is COCCCOc1cc(C(=O)N(C(C)C)C2CCC(CCNC(=O)Cc3ccc(F)cc3)N(C(=O)OC(C)(C)C)C2)ccc1OC. The second-order valence-electron chi connectivity index (χ2n) is 12.8. The molecular formula is C35H50FN3O7. The van der Waals surface area contributed by atoms with Gasteiger partial charge in [-0.2, -0.15) is 0 Å². The van der Waals surface area contributed by atoms with Gasteiger partial charge in [0, 0.05) is 50.9 Å². The van der Waals surface area contributed by atoms with E-state index >= 15 is 0 Å². The number of hydrogen-bond acceptors (Lipinski definition) is 7. The number of likely N-dealkylation sites (tertiary alicyclic amines) is 1. The number of amides is 3. The van der Waals surface area contributed by atoms with Crippen LogP contribution in [0, 0.1) is 5.82 Å². The molecule has 0 spiro atoms. The standard InChI is InChI=1S/C35H50FN3O7/c1-24(2)39(33(41)26-11-16-30(44-7)31(22-26)45-20-8-19-43-6)29-15-14-28(38(23-29)34(42)46-35(3,4)5)17-18-37-32(40)21-25-9-12-27(36)13-10-25/h9-13,16,22,24,28-29H,8,14-15,17-21,23H2,1-7H3,(H,37,40). The van der Waals surface area contributed by atoms with Crippen molar-refractivity contribution in [3.8, 4) is 11.5 Å². The van der Waals surface area contributed by atoms with Gasteiger partial charge in [-0.25, -0.2) is 9.18 Å². The fraction of sp³-hybridized carbons (Fsp3) is 0.571. The Morgan fingerprint density at radius 2 is 1.74 bits per heavy atom. The molecule has 2 aromatic carbocycles. The van der Waals surface area contributed by atoms with Gasteiger partial charge < -0.3 is 34.1 Å². The summed E-state index contributed by atoms with van der Waals surface area (Å²) in [7, 11) is 3.19. The van der Waals surface area contributed by atoms with E-state index in [-0.39, 0.29) is 42.2 Å². The van der Waals surface area contributed by atoms with Crippen molar-refractivity contribution in [1.29, 1.82) is 0 Å². The lowest BCUT2D eigenvalue weighted by Gasteiger charge is -2.45. The van der Waals surface area contributed by atoms with E-state index < -0.39 is 11.7 Å². The number of rotatable bonds is 14. The Morgan fingerprint density at radius 1 is 1.02 bits per heavy atom. The topological polar surface area (TPSA) is 107 Å². The zero-order valence-corrected chi connectivity index (χ0v) is 28.3. The van der Waals surface area contributed by atoms with Gasteiger partial charge in [0.25, 0.3) is 5.91 Å². The van der Waals surface area contributed by atoms with E-state index in [9.17, 15) is 18.8 Å². The van der Waals surface area contributed by atoms with Gasteiger partial charge in [-0.1, -0.05) is 12.1 Å². The molecule has 0 aliphatic carbocycles. The van der Waals surface area contributed by atoms with Gasteiger partial charge in [0.15, 0.2) is 11.5 Å². The molecule has 2 aromatic rings. The minimum absolute atomic E-state index is 0.138. The molecule has 2 atom stereocenters. The number of carbonyl (C=O) groups is 3. The molecule has 0 aromatic heterocycles. The Morgan fingerprint density at radius 3 is 2.37 bits per heavy atom. The number of piperidine rings is 1. The first-order chi connectivity index (χ1) is 21.8. The zero-order valence-electron chi connectivity index (χ0n) is 28.3. The number of ether oxygens (including phenoxy) is 4. The highest BCUT2D eigenvalue weighted by molar-refractivity contribution is 5.95. The number of carbonyl (C=O) groups excluding carboxylic acids is 3. The number of nitrogens with zero attached hydrogens (tertiary/aromatic N) is 2. The van der Waals surface area contributed by atoms with Crippen molar-refractivity contribution in [2.24, 2.45) is 0 Å². The molecule has 1 N–H and O–H groups in total. The van der Waals surface area contributed by atoms with Crippen LogP contribution in [0.25, 0.3) is 0 Å². The van der Waals surface area contributed by atoms with Crippen LogP contribution in [0.1, 0.15) is 76.2 Å². The van der Waals surface area contributed by atoms with Gasteiger partial charge in [0.2, 0.25) is 5.91 Å². The molecule has 1 aliphatic heterocycles. The molecule has 1 heterocycles. The first-order valence-corrected chi connectivity index (χ1v) is 16.0. The Labute approximate surface area is 272 Å². The largest absolute Gasteiger partial charge is 0.493 e. The molecule has 10 nitrogen and oxygen atoms in total. The van der Waals surface area contributed by atoms with E-state index in [0.717, 1.165) is 5.56 Å². The summed E-state index contributed by atoms with van der Waals surface area (Å²) in [5.41, 5.74) is 0.481. The molecule has 1 saturated heterocycles. The quantitative estimate of drug-likeness (QED) is 0.267. The van der Waals surface area contributed by atoms with Crippen LogP contribution in [0.5, 0.6) is 11.5 Å². The summed E-state index contributed by atoms with van der Waals surface area (Å²) < 4.78 is 35.5. The molecule has 0 bridgehead atoms. The molecule has 3 rings (SSSR count). The van der Waals surface area contributed by atoms with Crippen LogP contribution in [0.4, 0.5) is 9.18 Å². The summed E-state index contributed by atoms with van der Waals surface area (Å²) in [4.78, 5) is 43.6. The van der Waals surface area contributed by atoms with Gasteiger partial charge in [-0.15, -0.1) is 0 Å². The third-order valence-electron chi connectivity index (χ3n) is 7.73. The van der Waals surface area contributed by atoms with E-state index in [1.807, 2.05) is 39.5 Å². The van der Waals surface area contributed by atoms with Crippen LogP contribution in [-0.4, -0.2) is 92.0 Å². The number of hydrogen-bond donors (Lipinski definition) is 1. The number of halogens is 1. The summed E-state index contributed by atoms with van der Waals surface area (Å²) in [6.07, 6.45) is 2.21. The number of benzene rings is 2. The van der Waals surface area contributed by atoms with Crippen LogP contribution in [0.15, 0.2) is 42.5 Å². The van der Waals surface area contributed by atoms with E-state index in [1.54, 1.807) is 49.5 Å². The summed E-state index contributed by atoms with van der Waals surface area (Å²) >= 11 is 0. The third kappa shape index (κ3) is 10.9. The van der Waals surface area contributed by atoms with Crippen LogP contribution >= 0.6 is 0 Å². The van der Waals surface area contributed by atoms with Crippen molar-refractivity contribution < 1.29 is 37.7 Å². The maximum Gasteiger partial charge on any atom is 0.410 e. The van der Waals surface area contributed by atoms with Crippen LogP contribution in [-0.2, 0) is 20.7 Å². The van der Waals surface area contributed by atoms with Crippen LogP contribution in [0.2, 0.25) is 0 Å². The molecule has 254 valence electrons.